The predicted molar refractivity (Wildman–Crippen MR) is 109 cm³/mol. The molecule has 1 aromatic heterocycles. The fourth-order valence-corrected chi connectivity index (χ4v) is 3.69. The number of aromatic nitrogens is 2. The standard InChI is InChI=1S/C21H31N5O/c1-17-20(18(2)24(3)23-17)22-21(27)26-14-8-13-25(15-16-26)12-7-11-19-9-5-4-6-10-19/h4-6,9-10H,7-8,11-16H2,1-3H3,(H,22,27). The van der Waals surface area contributed by atoms with Crippen molar-refractivity contribution in [2.75, 3.05) is 38.0 Å². The summed E-state index contributed by atoms with van der Waals surface area (Å²) in [5.41, 5.74) is 4.08. The van der Waals surface area contributed by atoms with E-state index >= 15 is 0 Å². The SMILES string of the molecule is Cc1nn(C)c(C)c1NC(=O)N1CCCN(CCCc2ccccc2)CC1. The van der Waals surface area contributed by atoms with Crippen molar-refractivity contribution < 1.29 is 4.79 Å². The van der Waals surface area contributed by atoms with Crippen LogP contribution in [0.4, 0.5) is 10.5 Å². The maximum atomic E-state index is 12.7. The quantitative estimate of drug-likeness (QED) is 0.880. The Morgan fingerprint density at radius 3 is 2.59 bits per heavy atom. The Labute approximate surface area is 162 Å². The van der Waals surface area contributed by atoms with E-state index in [1.807, 2.05) is 30.5 Å². The van der Waals surface area contributed by atoms with Crippen LogP contribution in [-0.2, 0) is 13.5 Å². The van der Waals surface area contributed by atoms with Gasteiger partial charge in [0.05, 0.1) is 17.1 Å². The van der Waals surface area contributed by atoms with Gasteiger partial charge in [-0.2, -0.15) is 5.10 Å². The Bertz CT molecular complexity index is 755. The maximum absolute atomic E-state index is 12.7. The molecule has 1 saturated heterocycles. The number of hydrogen-bond donors (Lipinski definition) is 1. The van der Waals surface area contributed by atoms with Crippen molar-refractivity contribution in [3.63, 3.8) is 0 Å². The largest absolute Gasteiger partial charge is 0.323 e. The van der Waals surface area contributed by atoms with Gasteiger partial charge in [0.25, 0.3) is 0 Å². The molecule has 2 aromatic rings. The summed E-state index contributed by atoms with van der Waals surface area (Å²) in [6.07, 6.45) is 3.29. The van der Waals surface area contributed by atoms with Gasteiger partial charge in [-0.1, -0.05) is 30.3 Å². The van der Waals surface area contributed by atoms with Crippen LogP contribution in [-0.4, -0.2) is 58.3 Å². The summed E-state index contributed by atoms with van der Waals surface area (Å²) >= 11 is 0. The normalized spacial score (nSPS) is 15.6. The molecule has 0 aliphatic carbocycles. The third kappa shape index (κ3) is 5.10. The summed E-state index contributed by atoms with van der Waals surface area (Å²) in [7, 11) is 1.90. The van der Waals surface area contributed by atoms with E-state index in [0.29, 0.717) is 0 Å². The van der Waals surface area contributed by atoms with Gasteiger partial charge < -0.3 is 15.1 Å². The Morgan fingerprint density at radius 2 is 1.89 bits per heavy atom. The molecule has 6 nitrogen and oxygen atoms in total. The van der Waals surface area contributed by atoms with E-state index in [9.17, 15) is 4.79 Å². The molecule has 0 spiro atoms. The second kappa shape index (κ2) is 9.04. The molecule has 1 N–H and O–H groups in total. The third-order valence-corrected chi connectivity index (χ3v) is 5.40. The summed E-state index contributed by atoms with van der Waals surface area (Å²) in [5.74, 6) is 0. The van der Waals surface area contributed by atoms with Crippen LogP contribution in [0.1, 0.15) is 29.8 Å². The number of urea groups is 1. The van der Waals surface area contributed by atoms with Gasteiger partial charge in [-0.05, 0) is 51.8 Å². The third-order valence-electron chi connectivity index (χ3n) is 5.40. The van der Waals surface area contributed by atoms with E-state index < -0.39 is 0 Å². The Balaban J connectivity index is 1.47. The Morgan fingerprint density at radius 1 is 1.11 bits per heavy atom. The lowest BCUT2D eigenvalue weighted by Crippen LogP contribution is -2.38. The van der Waals surface area contributed by atoms with Crippen LogP contribution in [0.25, 0.3) is 0 Å². The summed E-state index contributed by atoms with van der Waals surface area (Å²) in [5, 5.41) is 7.43. The summed E-state index contributed by atoms with van der Waals surface area (Å²) in [6.45, 7) is 8.57. The smallest absolute Gasteiger partial charge is 0.321 e. The molecule has 0 unspecified atom stereocenters. The first kappa shape index (κ1) is 19.4. The van der Waals surface area contributed by atoms with Crippen LogP contribution in [0, 0.1) is 13.8 Å². The molecular weight excluding hydrogens is 338 g/mol. The number of rotatable bonds is 5. The van der Waals surface area contributed by atoms with Crippen molar-refractivity contribution in [3.8, 4) is 0 Å². The van der Waals surface area contributed by atoms with Gasteiger partial charge in [0.15, 0.2) is 0 Å². The van der Waals surface area contributed by atoms with Crippen molar-refractivity contribution >= 4 is 11.7 Å². The van der Waals surface area contributed by atoms with Gasteiger partial charge in [0, 0.05) is 26.7 Å². The molecule has 3 rings (SSSR count). The molecule has 27 heavy (non-hydrogen) atoms. The zero-order chi connectivity index (χ0) is 19.2. The Hall–Kier alpha value is -2.34. The highest BCUT2D eigenvalue weighted by Crippen LogP contribution is 2.19. The first-order valence-corrected chi connectivity index (χ1v) is 9.87. The van der Waals surface area contributed by atoms with Gasteiger partial charge in [-0.3, -0.25) is 4.68 Å². The average molecular weight is 370 g/mol. The monoisotopic (exact) mass is 369 g/mol. The topological polar surface area (TPSA) is 53.4 Å². The van der Waals surface area contributed by atoms with E-state index in [1.165, 1.54) is 5.56 Å². The van der Waals surface area contributed by atoms with Crippen molar-refractivity contribution in [3.05, 3.63) is 47.3 Å². The number of nitrogens with zero attached hydrogens (tertiary/aromatic N) is 4. The highest BCUT2D eigenvalue weighted by molar-refractivity contribution is 5.90. The van der Waals surface area contributed by atoms with Gasteiger partial charge in [-0.15, -0.1) is 0 Å². The van der Waals surface area contributed by atoms with Crippen LogP contribution < -0.4 is 5.32 Å². The molecule has 1 aliphatic heterocycles. The van der Waals surface area contributed by atoms with Gasteiger partial charge in [0.1, 0.15) is 0 Å². The molecule has 1 fully saturated rings. The molecule has 0 bridgehead atoms. The minimum Gasteiger partial charge on any atom is -0.323 e. The number of aryl methyl sites for hydroxylation is 3. The van der Waals surface area contributed by atoms with Crippen LogP contribution in [0.2, 0.25) is 0 Å². The summed E-state index contributed by atoms with van der Waals surface area (Å²) in [6, 6.07) is 10.6. The fraction of sp³-hybridized carbons (Fsp3) is 0.524. The van der Waals surface area contributed by atoms with E-state index in [1.54, 1.807) is 0 Å². The van der Waals surface area contributed by atoms with Crippen LogP contribution in [0.3, 0.4) is 0 Å². The van der Waals surface area contributed by atoms with Crippen molar-refractivity contribution in [2.24, 2.45) is 7.05 Å². The second-order valence-electron chi connectivity index (χ2n) is 7.37. The molecule has 1 aromatic carbocycles. The lowest BCUT2D eigenvalue weighted by Gasteiger charge is -2.22. The van der Waals surface area contributed by atoms with Gasteiger partial charge in [-0.25, -0.2) is 4.79 Å². The number of amides is 2. The van der Waals surface area contributed by atoms with Crippen LogP contribution in [0.15, 0.2) is 30.3 Å². The first-order chi connectivity index (χ1) is 13.0. The molecule has 2 amide bonds. The van der Waals surface area contributed by atoms with E-state index in [-0.39, 0.29) is 6.03 Å². The zero-order valence-electron chi connectivity index (χ0n) is 16.7. The number of hydrogen-bond acceptors (Lipinski definition) is 3. The predicted octanol–water partition coefficient (Wildman–Crippen LogP) is 3.21. The van der Waals surface area contributed by atoms with Crippen LogP contribution in [0.5, 0.6) is 0 Å². The zero-order valence-corrected chi connectivity index (χ0v) is 16.7. The first-order valence-electron chi connectivity index (χ1n) is 9.87. The number of anilines is 1. The molecule has 1 aliphatic rings. The van der Waals surface area contributed by atoms with Crippen molar-refractivity contribution in [1.82, 2.24) is 19.6 Å². The number of carbonyl (C=O) groups excluding carboxylic acids is 1. The lowest BCUT2D eigenvalue weighted by molar-refractivity contribution is 0.211. The van der Waals surface area contributed by atoms with E-state index in [2.05, 4.69) is 45.6 Å². The van der Waals surface area contributed by atoms with Gasteiger partial charge in [0.2, 0.25) is 0 Å². The van der Waals surface area contributed by atoms with Gasteiger partial charge >= 0.3 is 6.03 Å². The summed E-state index contributed by atoms with van der Waals surface area (Å²) in [4.78, 5) is 17.1. The number of nitrogens with one attached hydrogen (secondary N) is 1. The molecule has 0 saturated carbocycles. The summed E-state index contributed by atoms with van der Waals surface area (Å²) < 4.78 is 1.81. The molecule has 0 radical (unpaired) electrons. The minimum atomic E-state index is -0.0136. The average Bonchev–Trinajstić information content (AvgIpc) is 2.85. The minimum absolute atomic E-state index is 0.0136. The fourth-order valence-electron chi connectivity index (χ4n) is 3.69. The molecule has 2 heterocycles. The maximum Gasteiger partial charge on any atom is 0.321 e. The van der Waals surface area contributed by atoms with E-state index in [0.717, 1.165) is 69.1 Å². The number of benzene rings is 1. The highest BCUT2D eigenvalue weighted by atomic mass is 16.2. The number of carbonyl (C=O) groups is 1. The lowest BCUT2D eigenvalue weighted by atomic mass is 10.1. The second-order valence-corrected chi connectivity index (χ2v) is 7.37. The Kier molecular flexibility index (Phi) is 6.50. The molecule has 6 heteroatoms. The van der Waals surface area contributed by atoms with Crippen molar-refractivity contribution in [2.45, 2.75) is 33.1 Å². The van der Waals surface area contributed by atoms with Crippen molar-refractivity contribution in [1.29, 1.82) is 0 Å². The molecular formula is C21H31N5O. The molecule has 0 atom stereocenters. The highest BCUT2D eigenvalue weighted by Gasteiger charge is 2.21. The van der Waals surface area contributed by atoms with Crippen LogP contribution >= 0.6 is 0 Å². The molecule has 146 valence electrons. The van der Waals surface area contributed by atoms with E-state index in [4.69, 9.17) is 0 Å².